The summed E-state index contributed by atoms with van der Waals surface area (Å²) in [5.74, 6) is -1.12. The smallest absolute Gasteiger partial charge is 0.326 e. The van der Waals surface area contributed by atoms with Crippen LogP contribution in [0, 0.1) is 11.3 Å². The third-order valence-corrected chi connectivity index (χ3v) is 3.02. The Kier molecular flexibility index (Phi) is 3.28. The van der Waals surface area contributed by atoms with Crippen LogP contribution in [0.15, 0.2) is 24.3 Å². The lowest BCUT2D eigenvalue weighted by molar-refractivity contribution is -0.146. The second-order valence-electron chi connectivity index (χ2n) is 4.23. The maximum absolute atomic E-state index is 11.6. The number of carbonyl (C=O) groups excluding carboxylic acids is 1. The molecule has 1 heterocycles. The SMILES string of the molecule is N#Cc1cccc(CN2C(=O)CCC2C(=O)O)c1. The van der Waals surface area contributed by atoms with Gasteiger partial charge in [0.2, 0.25) is 5.91 Å². The number of carbonyl (C=O) groups is 2. The molecule has 1 aromatic carbocycles. The van der Waals surface area contributed by atoms with Gasteiger partial charge in [0.1, 0.15) is 6.04 Å². The van der Waals surface area contributed by atoms with E-state index in [0.717, 1.165) is 5.56 Å². The Bertz CT molecular complexity index is 533. The average Bonchev–Trinajstić information content (AvgIpc) is 2.71. The number of benzene rings is 1. The number of hydrogen-bond donors (Lipinski definition) is 1. The number of rotatable bonds is 3. The first-order chi connectivity index (χ1) is 8.61. The predicted molar refractivity (Wildman–Crippen MR) is 62.4 cm³/mol. The zero-order chi connectivity index (χ0) is 13.1. The molecule has 1 N–H and O–H groups in total. The van der Waals surface area contributed by atoms with Crippen molar-refractivity contribution in [1.29, 1.82) is 5.26 Å². The van der Waals surface area contributed by atoms with E-state index in [0.29, 0.717) is 12.0 Å². The van der Waals surface area contributed by atoms with Gasteiger partial charge in [0.15, 0.2) is 0 Å². The summed E-state index contributed by atoms with van der Waals surface area (Å²) in [6.07, 6.45) is 0.626. The van der Waals surface area contributed by atoms with Gasteiger partial charge in [-0.2, -0.15) is 5.26 Å². The fourth-order valence-electron chi connectivity index (χ4n) is 2.12. The van der Waals surface area contributed by atoms with Gasteiger partial charge in [-0.25, -0.2) is 4.79 Å². The Hall–Kier alpha value is -2.35. The maximum Gasteiger partial charge on any atom is 0.326 e. The van der Waals surface area contributed by atoms with Crippen molar-refractivity contribution in [2.75, 3.05) is 0 Å². The van der Waals surface area contributed by atoms with Crippen LogP contribution in [-0.2, 0) is 16.1 Å². The minimum absolute atomic E-state index is 0.148. The molecular formula is C13H12N2O3. The molecule has 1 fully saturated rings. The largest absolute Gasteiger partial charge is 0.480 e. The molecule has 0 aliphatic carbocycles. The summed E-state index contributed by atoms with van der Waals surface area (Å²) in [7, 11) is 0. The summed E-state index contributed by atoms with van der Waals surface area (Å²) in [4.78, 5) is 24.0. The lowest BCUT2D eigenvalue weighted by Crippen LogP contribution is -2.37. The van der Waals surface area contributed by atoms with Crippen molar-refractivity contribution in [3.05, 3.63) is 35.4 Å². The highest BCUT2D eigenvalue weighted by Crippen LogP contribution is 2.21. The normalized spacial score (nSPS) is 18.7. The molecule has 0 aromatic heterocycles. The van der Waals surface area contributed by atoms with Crippen molar-refractivity contribution in [3.8, 4) is 6.07 Å². The predicted octanol–water partition coefficient (Wildman–Crippen LogP) is 1.13. The number of likely N-dealkylation sites (tertiary alicyclic amines) is 1. The monoisotopic (exact) mass is 244 g/mol. The van der Waals surface area contributed by atoms with Gasteiger partial charge in [0.25, 0.3) is 0 Å². The maximum atomic E-state index is 11.6. The summed E-state index contributed by atoms with van der Waals surface area (Å²) >= 11 is 0. The van der Waals surface area contributed by atoms with Crippen LogP contribution in [0.5, 0.6) is 0 Å². The quantitative estimate of drug-likeness (QED) is 0.864. The van der Waals surface area contributed by atoms with Gasteiger partial charge in [-0.1, -0.05) is 12.1 Å². The third-order valence-electron chi connectivity index (χ3n) is 3.02. The van der Waals surface area contributed by atoms with E-state index in [1.54, 1.807) is 24.3 Å². The molecule has 0 spiro atoms. The van der Waals surface area contributed by atoms with Gasteiger partial charge in [-0.15, -0.1) is 0 Å². The topological polar surface area (TPSA) is 81.4 Å². The average molecular weight is 244 g/mol. The number of nitriles is 1. The zero-order valence-electron chi connectivity index (χ0n) is 9.67. The molecular weight excluding hydrogens is 232 g/mol. The van der Waals surface area contributed by atoms with E-state index in [1.807, 2.05) is 6.07 Å². The Labute approximate surface area is 104 Å². The standard InChI is InChI=1S/C13H12N2O3/c14-7-9-2-1-3-10(6-9)8-15-11(13(17)18)4-5-12(15)16/h1-3,6,11H,4-5,8H2,(H,17,18). The van der Waals surface area contributed by atoms with Crippen molar-refractivity contribution in [1.82, 2.24) is 4.90 Å². The highest BCUT2D eigenvalue weighted by atomic mass is 16.4. The summed E-state index contributed by atoms with van der Waals surface area (Å²) in [5, 5.41) is 17.8. The van der Waals surface area contributed by atoms with Crippen LogP contribution in [0.4, 0.5) is 0 Å². The molecule has 0 radical (unpaired) electrons. The van der Waals surface area contributed by atoms with Crippen molar-refractivity contribution in [2.24, 2.45) is 0 Å². The van der Waals surface area contributed by atoms with E-state index in [1.165, 1.54) is 4.90 Å². The minimum atomic E-state index is -0.975. The van der Waals surface area contributed by atoms with E-state index in [-0.39, 0.29) is 18.9 Å². The molecule has 18 heavy (non-hydrogen) atoms. The second-order valence-corrected chi connectivity index (χ2v) is 4.23. The molecule has 1 aromatic rings. The number of amides is 1. The summed E-state index contributed by atoms with van der Waals surface area (Å²) in [5.41, 5.74) is 1.28. The molecule has 1 unspecified atom stereocenters. The first-order valence-corrected chi connectivity index (χ1v) is 5.63. The number of aliphatic carboxylic acids is 1. The van der Waals surface area contributed by atoms with Crippen LogP contribution in [0.25, 0.3) is 0 Å². The molecule has 2 rings (SSSR count). The highest BCUT2D eigenvalue weighted by Gasteiger charge is 2.35. The summed E-state index contributed by atoms with van der Waals surface area (Å²) in [6, 6.07) is 8.12. The molecule has 1 amide bonds. The number of hydrogen-bond acceptors (Lipinski definition) is 3. The van der Waals surface area contributed by atoms with Gasteiger partial charge < -0.3 is 10.0 Å². The van der Waals surface area contributed by atoms with Crippen LogP contribution < -0.4 is 0 Å². The van der Waals surface area contributed by atoms with Gasteiger partial charge in [0, 0.05) is 13.0 Å². The third kappa shape index (κ3) is 2.33. The zero-order valence-corrected chi connectivity index (χ0v) is 9.67. The fraction of sp³-hybridized carbons (Fsp3) is 0.308. The van der Waals surface area contributed by atoms with Crippen LogP contribution >= 0.6 is 0 Å². The lowest BCUT2D eigenvalue weighted by atomic mass is 10.1. The number of nitrogens with zero attached hydrogens (tertiary/aromatic N) is 2. The Balaban J connectivity index is 2.19. The van der Waals surface area contributed by atoms with Crippen LogP contribution in [0.3, 0.4) is 0 Å². The van der Waals surface area contributed by atoms with Gasteiger partial charge >= 0.3 is 5.97 Å². The van der Waals surface area contributed by atoms with Crippen LogP contribution in [0.1, 0.15) is 24.0 Å². The van der Waals surface area contributed by atoms with Crippen molar-refractivity contribution in [2.45, 2.75) is 25.4 Å². The molecule has 1 atom stereocenters. The molecule has 5 heteroatoms. The number of carboxylic acids is 1. The molecule has 0 saturated carbocycles. The van der Waals surface area contributed by atoms with Gasteiger partial charge in [-0.3, -0.25) is 4.79 Å². The minimum Gasteiger partial charge on any atom is -0.480 e. The molecule has 1 saturated heterocycles. The second kappa shape index (κ2) is 4.88. The van der Waals surface area contributed by atoms with Crippen molar-refractivity contribution >= 4 is 11.9 Å². The van der Waals surface area contributed by atoms with E-state index < -0.39 is 12.0 Å². The number of carboxylic acid groups (broad SMARTS) is 1. The lowest BCUT2D eigenvalue weighted by Gasteiger charge is -2.21. The molecule has 1 aliphatic heterocycles. The Morgan fingerprint density at radius 3 is 3.00 bits per heavy atom. The van der Waals surface area contributed by atoms with E-state index in [9.17, 15) is 9.59 Å². The van der Waals surface area contributed by atoms with Gasteiger partial charge in [0.05, 0.1) is 11.6 Å². The fourth-order valence-corrected chi connectivity index (χ4v) is 2.12. The molecule has 0 bridgehead atoms. The van der Waals surface area contributed by atoms with Gasteiger partial charge in [-0.05, 0) is 24.1 Å². The highest BCUT2D eigenvalue weighted by molar-refractivity contribution is 5.87. The summed E-state index contributed by atoms with van der Waals surface area (Å²) in [6.45, 7) is 0.241. The molecule has 5 nitrogen and oxygen atoms in total. The van der Waals surface area contributed by atoms with Crippen molar-refractivity contribution in [3.63, 3.8) is 0 Å². The van der Waals surface area contributed by atoms with E-state index >= 15 is 0 Å². The first kappa shape index (κ1) is 12.1. The van der Waals surface area contributed by atoms with Crippen LogP contribution in [-0.4, -0.2) is 27.9 Å². The summed E-state index contributed by atoms with van der Waals surface area (Å²) < 4.78 is 0. The van der Waals surface area contributed by atoms with Crippen molar-refractivity contribution < 1.29 is 14.7 Å². The van der Waals surface area contributed by atoms with E-state index in [2.05, 4.69) is 0 Å². The Morgan fingerprint density at radius 1 is 1.56 bits per heavy atom. The Morgan fingerprint density at radius 2 is 2.33 bits per heavy atom. The van der Waals surface area contributed by atoms with Crippen LogP contribution in [0.2, 0.25) is 0 Å². The van der Waals surface area contributed by atoms with E-state index in [4.69, 9.17) is 10.4 Å². The molecule has 1 aliphatic rings. The molecule has 92 valence electrons. The first-order valence-electron chi connectivity index (χ1n) is 5.63.